The number of amides is 1. The van der Waals surface area contributed by atoms with Crippen LogP contribution >= 0.6 is 0 Å². The average Bonchev–Trinajstić information content (AvgIpc) is 2.80. The fraction of sp³-hybridized carbons (Fsp3) is 0.667. The number of aliphatic imine (C=N–C) groups is 1. The Hall–Kier alpha value is -2.12. The van der Waals surface area contributed by atoms with Gasteiger partial charge in [-0.15, -0.1) is 0 Å². The molecule has 2 saturated heterocycles. The molecule has 7 heteroatoms. The third kappa shape index (κ3) is 7.82. The Morgan fingerprint density at radius 1 is 0.903 bits per heavy atom. The van der Waals surface area contributed by atoms with Gasteiger partial charge in [-0.25, -0.2) is 0 Å². The standard InChI is InChI=1S/C24H40N6O/c1-3-25-24(30-19-17-29(18-20-30)22(2)31)26-11-7-8-12-27-13-15-28(16-14-27)21-23-9-5-4-6-10-23/h4-6,9-10H,3,7-8,11-21H2,1-2H3,(H,25,26). The molecule has 0 aromatic heterocycles. The van der Waals surface area contributed by atoms with Gasteiger partial charge in [0.25, 0.3) is 0 Å². The van der Waals surface area contributed by atoms with Crippen LogP contribution in [0, 0.1) is 0 Å². The minimum Gasteiger partial charge on any atom is -0.357 e. The third-order valence-electron chi connectivity index (χ3n) is 6.22. The van der Waals surface area contributed by atoms with Crippen molar-refractivity contribution in [1.82, 2.24) is 24.9 Å². The van der Waals surface area contributed by atoms with Crippen LogP contribution in [0.3, 0.4) is 0 Å². The van der Waals surface area contributed by atoms with Crippen molar-refractivity contribution >= 4 is 11.9 Å². The number of benzene rings is 1. The summed E-state index contributed by atoms with van der Waals surface area (Å²) < 4.78 is 0. The maximum Gasteiger partial charge on any atom is 0.219 e. The first kappa shape index (κ1) is 23.5. The Bertz CT molecular complexity index is 679. The van der Waals surface area contributed by atoms with E-state index >= 15 is 0 Å². The number of guanidine groups is 1. The van der Waals surface area contributed by atoms with E-state index in [9.17, 15) is 4.79 Å². The van der Waals surface area contributed by atoms with Crippen LogP contribution in [0.25, 0.3) is 0 Å². The quantitative estimate of drug-likeness (QED) is 0.388. The monoisotopic (exact) mass is 428 g/mol. The van der Waals surface area contributed by atoms with Crippen LogP contribution in [0.4, 0.5) is 0 Å². The molecule has 1 aromatic rings. The number of carbonyl (C=O) groups excluding carboxylic acids is 1. The lowest BCUT2D eigenvalue weighted by Gasteiger charge is -2.36. The van der Waals surface area contributed by atoms with Gasteiger partial charge in [0.2, 0.25) is 5.91 Å². The molecular formula is C24H40N6O. The van der Waals surface area contributed by atoms with E-state index in [1.807, 2.05) is 4.90 Å². The van der Waals surface area contributed by atoms with Crippen LogP contribution < -0.4 is 5.32 Å². The Kier molecular flexibility index (Phi) is 9.62. The lowest BCUT2D eigenvalue weighted by atomic mass is 10.2. The van der Waals surface area contributed by atoms with Crippen molar-refractivity contribution in [3.05, 3.63) is 35.9 Å². The zero-order valence-corrected chi connectivity index (χ0v) is 19.4. The number of carbonyl (C=O) groups is 1. The molecule has 2 aliphatic rings. The summed E-state index contributed by atoms with van der Waals surface area (Å²) in [6, 6.07) is 10.8. The van der Waals surface area contributed by atoms with Gasteiger partial charge in [-0.3, -0.25) is 14.7 Å². The first-order valence-electron chi connectivity index (χ1n) is 11.9. The zero-order valence-electron chi connectivity index (χ0n) is 19.4. The van der Waals surface area contributed by atoms with E-state index in [1.54, 1.807) is 6.92 Å². The van der Waals surface area contributed by atoms with E-state index in [4.69, 9.17) is 4.99 Å². The number of hydrogen-bond donors (Lipinski definition) is 1. The average molecular weight is 429 g/mol. The molecule has 0 aliphatic carbocycles. The molecule has 0 bridgehead atoms. The maximum atomic E-state index is 11.5. The predicted octanol–water partition coefficient (Wildman–Crippen LogP) is 1.71. The SMILES string of the molecule is CCNC(=NCCCCN1CCN(Cc2ccccc2)CC1)N1CCN(C(C)=O)CC1. The van der Waals surface area contributed by atoms with Gasteiger partial charge in [-0.2, -0.15) is 0 Å². The highest BCUT2D eigenvalue weighted by atomic mass is 16.2. The highest BCUT2D eigenvalue weighted by Gasteiger charge is 2.21. The van der Waals surface area contributed by atoms with Crippen molar-refractivity contribution in [1.29, 1.82) is 0 Å². The van der Waals surface area contributed by atoms with Crippen molar-refractivity contribution in [3.8, 4) is 0 Å². The molecule has 2 aliphatic heterocycles. The summed E-state index contributed by atoms with van der Waals surface area (Å²) in [6.07, 6.45) is 2.31. The van der Waals surface area contributed by atoms with Gasteiger partial charge in [0, 0.05) is 78.9 Å². The van der Waals surface area contributed by atoms with Gasteiger partial charge in [0.15, 0.2) is 5.96 Å². The number of unbranched alkanes of at least 4 members (excludes halogenated alkanes) is 1. The normalized spacial score (nSPS) is 19.0. The molecule has 0 atom stereocenters. The number of piperazine rings is 2. The molecule has 0 spiro atoms. The van der Waals surface area contributed by atoms with Crippen molar-refractivity contribution in [2.24, 2.45) is 4.99 Å². The summed E-state index contributed by atoms with van der Waals surface area (Å²) in [5.74, 6) is 1.17. The summed E-state index contributed by atoms with van der Waals surface area (Å²) in [6.45, 7) is 15.7. The van der Waals surface area contributed by atoms with Crippen molar-refractivity contribution in [2.75, 3.05) is 72.0 Å². The molecular weight excluding hydrogens is 388 g/mol. The van der Waals surface area contributed by atoms with Gasteiger partial charge in [-0.05, 0) is 31.9 Å². The summed E-state index contributed by atoms with van der Waals surface area (Å²) in [7, 11) is 0. The van der Waals surface area contributed by atoms with Gasteiger partial charge < -0.3 is 20.0 Å². The minimum absolute atomic E-state index is 0.169. The van der Waals surface area contributed by atoms with Gasteiger partial charge in [-0.1, -0.05) is 30.3 Å². The molecule has 0 unspecified atom stereocenters. The van der Waals surface area contributed by atoms with Crippen LogP contribution in [0.1, 0.15) is 32.3 Å². The van der Waals surface area contributed by atoms with E-state index in [0.29, 0.717) is 0 Å². The Morgan fingerprint density at radius 3 is 2.19 bits per heavy atom. The fourth-order valence-electron chi connectivity index (χ4n) is 4.30. The number of rotatable bonds is 8. The van der Waals surface area contributed by atoms with E-state index in [2.05, 4.69) is 57.3 Å². The fourth-order valence-corrected chi connectivity index (χ4v) is 4.30. The van der Waals surface area contributed by atoms with Crippen LogP contribution in [0.15, 0.2) is 35.3 Å². The largest absolute Gasteiger partial charge is 0.357 e. The predicted molar refractivity (Wildman–Crippen MR) is 127 cm³/mol. The van der Waals surface area contributed by atoms with Crippen molar-refractivity contribution < 1.29 is 4.79 Å². The van der Waals surface area contributed by atoms with E-state index < -0.39 is 0 Å². The molecule has 1 aromatic carbocycles. The smallest absolute Gasteiger partial charge is 0.219 e. The van der Waals surface area contributed by atoms with Crippen LogP contribution in [0.2, 0.25) is 0 Å². The van der Waals surface area contributed by atoms with Gasteiger partial charge in [0.05, 0.1) is 0 Å². The molecule has 1 N–H and O–H groups in total. The van der Waals surface area contributed by atoms with Crippen LogP contribution in [0.5, 0.6) is 0 Å². The lowest BCUT2D eigenvalue weighted by Crippen LogP contribution is -2.53. The summed E-state index contributed by atoms with van der Waals surface area (Å²) in [4.78, 5) is 25.7. The Labute approximate surface area is 188 Å². The zero-order chi connectivity index (χ0) is 21.9. The second-order valence-corrected chi connectivity index (χ2v) is 8.54. The van der Waals surface area contributed by atoms with Gasteiger partial charge in [0.1, 0.15) is 0 Å². The van der Waals surface area contributed by atoms with Crippen LogP contribution in [-0.2, 0) is 11.3 Å². The van der Waals surface area contributed by atoms with E-state index in [0.717, 1.165) is 71.3 Å². The molecule has 7 nitrogen and oxygen atoms in total. The number of hydrogen-bond acceptors (Lipinski definition) is 4. The first-order valence-corrected chi connectivity index (χ1v) is 11.9. The second-order valence-electron chi connectivity index (χ2n) is 8.54. The molecule has 1 amide bonds. The molecule has 0 saturated carbocycles. The third-order valence-corrected chi connectivity index (χ3v) is 6.22. The topological polar surface area (TPSA) is 54.4 Å². The second kappa shape index (κ2) is 12.7. The minimum atomic E-state index is 0.169. The van der Waals surface area contributed by atoms with Crippen molar-refractivity contribution in [3.63, 3.8) is 0 Å². The summed E-state index contributed by atoms with van der Waals surface area (Å²) in [5.41, 5.74) is 1.41. The molecule has 3 rings (SSSR count). The molecule has 0 radical (unpaired) electrons. The molecule has 2 fully saturated rings. The van der Waals surface area contributed by atoms with E-state index in [-0.39, 0.29) is 5.91 Å². The highest BCUT2D eigenvalue weighted by Crippen LogP contribution is 2.09. The summed E-state index contributed by atoms with van der Waals surface area (Å²) >= 11 is 0. The summed E-state index contributed by atoms with van der Waals surface area (Å²) in [5, 5.41) is 3.42. The molecule has 31 heavy (non-hydrogen) atoms. The Morgan fingerprint density at radius 2 is 1.55 bits per heavy atom. The Balaban J connectivity index is 1.31. The maximum absolute atomic E-state index is 11.5. The van der Waals surface area contributed by atoms with Crippen LogP contribution in [-0.4, -0.2) is 103 Å². The number of nitrogens with zero attached hydrogens (tertiary/aromatic N) is 5. The highest BCUT2D eigenvalue weighted by molar-refractivity contribution is 5.80. The van der Waals surface area contributed by atoms with Gasteiger partial charge >= 0.3 is 0 Å². The first-order chi connectivity index (χ1) is 15.2. The van der Waals surface area contributed by atoms with Crippen molar-refractivity contribution in [2.45, 2.75) is 33.2 Å². The number of nitrogens with one attached hydrogen (secondary N) is 1. The molecule has 172 valence electrons. The lowest BCUT2D eigenvalue weighted by molar-refractivity contribution is -0.130. The van der Waals surface area contributed by atoms with E-state index in [1.165, 1.54) is 31.6 Å². The molecule has 2 heterocycles.